The summed E-state index contributed by atoms with van der Waals surface area (Å²) in [7, 11) is 1.30. The predicted molar refractivity (Wildman–Crippen MR) is 325 cm³/mol. The molecule has 1 amide bonds. The molecule has 0 saturated carbocycles. The second kappa shape index (κ2) is 56.9. The van der Waals surface area contributed by atoms with Crippen LogP contribution >= 0.6 is 7.82 Å². The number of nitrogens with one attached hydrogen (secondary N) is 1. The number of amides is 1. The predicted octanol–water partition coefficient (Wildman–Crippen LogP) is 19.4. The maximum absolute atomic E-state index is 13.0. The molecule has 0 radical (unpaired) electrons. The Kier molecular flexibility index (Phi) is 55.5. The fourth-order valence-corrected chi connectivity index (χ4v) is 10.3. The molecule has 0 fully saturated rings. The molecule has 0 rings (SSSR count). The van der Waals surface area contributed by atoms with Gasteiger partial charge in [-0.3, -0.25) is 9.36 Å². The monoisotopic (exact) mass is 1070 g/mol. The molecule has 440 valence electrons. The van der Waals surface area contributed by atoms with Gasteiger partial charge in [0.2, 0.25) is 5.91 Å². The third-order valence-corrected chi connectivity index (χ3v) is 15.5. The zero-order chi connectivity index (χ0) is 54.9. The third-order valence-electron chi connectivity index (χ3n) is 14.5. The second-order valence-electron chi connectivity index (χ2n) is 23.1. The average Bonchev–Trinajstić information content (AvgIpc) is 3.37. The van der Waals surface area contributed by atoms with Gasteiger partial charge in [-0.25, -0.2) is 0 Å². The number of likely N-dealkylation sites (N-methyl/N-ethyl adjacent to an activating group) is 1. The minimum atomic E-state index is -4.58. The van der Waals surface area contributed by atoms with Crippen LogP contribution in [-0.4, -0.2) is 68.5 Å². The molecule has 2 N–H and O–H groups in total. The summed E-state index contributed by atoms with van der Waals surface area (Å²) in [6.07, 6.45) is 77.0. The molecule has 0 bridgehead atoms. The molecule has 0 aliphatic rings. The standard InChI is InChI=1S/C66H125N2O6P/c1-6-8-10-12-14-16-18-20-22-24-26-28-30-32-33-34-36-37-39-41-43-45-47-49-51-53-55-57-59-65(69)64(63-74-75(71,72)73-62-61-68(3,4)5)67-66(70)60-58-56-54-52-50-48-46-44-42-40-38-35-31-29-27-25-23-21-19-17-15-13-11-9-7-2/h9,11,15,17,21,23,27,29,35,38,64-65,69H,6-8,10,12-14,16,18-20,22,24-26,28,30-34,36-37,39-63H2,1-5H3,(H-,67,70,71,72)/b11-9-,17-15-,23-21-,29-27-,38-35-. The van der Waals surface area contributed by atoms with E-state index in [0.717, 1.165) is 77.0 Å². The minimum Gasteiger partial charge on any atom is -0.756 e. The number of hydrogen-bond acceptors (Lipinski definition) is 6. The lowest BCUT2D eigenvalue weighted by molar-refractivity contribution is -0.870. The number of phosphoric acid groups is 1. The maximum atomic E-state index is 13.0. The minimum absolute atomic E-state index is 0.00922. The van der Waals surface area contributed by atoms with Crippen LogP contribution in [0.2, 0.25) is 0 Å². The molecule has 75 heavy (non-hydrogen) atoms. The van der Waals surface area contributed by atoms with Gasteiger partial charge in [0, 0.05) is 6.42 Å². The highest BCUT2D eigenvalue weighted by atomic mass is 31.2. The number of carbonyl (C=O) groups excluding carboxylic acids is 1. The van der Waals surface area contributed by atoms with E-state index >= 15 is 0 Å². The van der Waals surface area contributed by atoms with Gasteiger partial charge in [0.05, 0.1) is 39.9 Å². The van der Waals surface area contributed by atoms with Crippen molar-refractivity contribution in [3.8, 4) is 0 Å². The number of rotatable bonds is 59. The van der Waals surface area contributed by atoms with E-state index in [1.54, 1.807) is 0 Å². The van der Waals surface area contributed by atoms with Crippen LogP contribution in [-0.2, 0) is 18.4 Å². The van der Waals surface area contributed by atoms with E-state index in [1.165, 1.54) is 199 Å². The summed E-state index contributed by atoms with van der Waals surface area (Å²) < 4.78 is 23.5. The molecule has 0 aliphatic carbocycles. The first-order chi connectivity index (χ1) is 36.5. The Morgan fingerprint density at radius 3 is 1.19 bits per heavy atom. The summed E-state index contributed by atoms with van der Waals surface area (Å²) in [5.41, 5.74) is 0. The van der Waals surface area contributed by atoms with Gasteiger partial charge < -0.3 is 28.8 Å². The number of phosphoric ester groups is 1. The number of aliphatic hydroxyl groups is 1. The van der Waals surface area contributed by atoms with E-state index in [9.17, 15) is 19.4 Å². The third kappa shape index (κ3) is 59.7. The van der Waals surface area contributed by atoms with Gasteiger partial charge in [0.15, 0.2) is 0 Å². The lowest BCUT2D eigenvalue weighted by atomic mass is 10.0. The Morgan fingerprint density at radius 1 is 0.480 bits per heavy atom. The lowest BCUT2D eigenvalue weighted by Crippen LogP contribution is -2.46. The van der Waals surface area contributed by atoms with Crippen LogP contribution in [0.25, 0.3) is 0 Å². The molecule has 9 heteroatoms. The van der Waals surface area contributed by atoms with Crippen molar-refractivity contribution in [1.82, 2.24) is 5.32 Å². The Hall–Kier alpha value is -1.80. The van der Waals surface area contributed by atoms with Gasteiger partial charge in [-0.2, -0.15) is 0 Å². The van der Waals surface area contributed by atoms with Crippen LogP contribution in [0.5, 0.6) is 0 Å². The number of nitrogens with zero attached hydrogens (tertiary/aromatic N) is 1. The van der Waals surface area contributed by atoms with Crippen molar-refractivity contribution in [3.63, 3.8) is 0 Å². The number of aliphatic hydroxyl groups excluding tert-OH is 1. The summed E-state index contributed by atoms with van der Waals surface area (Å²) in [5.74, 6) is -0.169. The van der Waals surface area contributed by atoms with Crippen molar-refractivity contribution in [3.05, 3.63) is 60.8 Å². The number of allylic oxidation sites excluding steroid dienone is 10. The van der Waals surface area contributed by atoms with Gasteiger partial charge in [0.25, 0.3) is 7.82 Å². The molecule has 0 aliphatic heterocycles. The quantitative estimate of drug-likeness (QED) is 0.0272. The summed E-state index contributed by atoms with van der Waals surface area (Å²) in [5, 5.41) is 14.1. The number of unbranched alkanes of at least 4 members (excludes halogenated alkanes) is 36. The summed E-state index contributed by atoms with van der Waals surface area (Å²) in [6.45, 7) is 4.64. The maximum Gasteiger partial charge on any atom is 0.268 e. The van der Waals surface area contributed by atoms with Crippen molar-refractivity contribution in [2.45, 2.75) is 315 Å². The van der Waals surface area contributed by atoms with Crippen molar-refractivity contribution >= 4 is 13.7 Å². The summed E-state index contributed by atoms with van der Waals surface area (Å²) >= 11 is 0. The molecule has 3 unspecified atom stereocenters. The Labute approximate surface area is 466 Å². The first-order valence-electron chi connectivity index (χ1n) is 32.1. The van der Waals surface area contributed by atoms with Crippen LogP contribution < -0.4 is 10.2 Å². The van der Waals surface area contributed by atoms with Crippen molar-refractivity contribution in [1.29, 1.82) is 0 Å². The van der Waals surface area contributed by atoms with Crippen LogP contribution in [0.3, 0.4) is 0 Å². The smallest absolute Gasteiger partial charge is 0.268 e. The first kappa shape index (κ1) is 73.2. The van der Waals surface area contributed by atoms with E-state index in [1.807, 2.05) is 21.1 Å². The van der Waals surface area contributed by atoms with Crippen LogP contribution in [0.1, 0.15) is 303 Å². The SMILES string of the molecule is CC/C=C\C/C=C\C/C=C\C/C=C\C/C=C\CCCCCCCCCCCC(=O)NC(COP(=O)([O-])OCC[N+](C)(C)C)C(O)CCCCCCCCCCCCCCCCCCCCCCCCCCCCCC. The summed E-state index contributed by atoms with van der Waals surface area (Å²) in [4.78, 5) is 25.6. The fourth-order valence-electron chi connectivity index (χ4n) is 9.54. The van der Waals surface area contributed by atoms with Gasteiger partial charge in [-0.15, -0.1) is 0 Å². The van der Waals surface area contributed by atoms with E-state index in [-0.39, 0.29) is 19.1 Å². The zero-order valence-electron chi connectivity index (χ0n) is 50.3. The summed E-state index contributed by atoms with van der Waals surface area (Å²) in [6, 6.07) is -0.809. The Bertz CT molecular complexity index is 1400. The number of quaternary nitrogens is 1. The normalized spacial score (nSPS) is 14.2. The Balaban J connectivity index is 4.11. The zero-order valence-corrected chi connectivity index (χ0v) is 51.1. The van der Waals surface area contributed by atoms with Gasteiger partial charge in [-0.1, -0.05) is 299 Å². The molecule has 3 atom stereocenters. The average molecular weight is 1070 g/mol. The van der Waals surface area contributed by atoms with Crippen LogP contribution in [0.15, 0.2) is 60.8 Å². The first-order valence-corrected chi connectivity index (χ1v) is 33.6. The Morgan fingerprint density at radius 2 is 0.813 bits per heavy atom. The van der Waals surface area contributed by atoms with E-state index < -0.39 is 20.0 Å². The highest BCUT2D eigenvalue weighted by Gasteiger charge is 2.24. The lowest BCUT2D eigenvalue weighted by Gasteiger charge is -2.30. The molecule has 8 nitrogen and oxygen atoms in total. The topological polar surface area (TPSA) is 108 Å². The largest absolute Gasteiger partial charge is 0.756 e. The van der Waals surface area contributed by atoms with Gasteiger partial charge >= 0.3 is 0 Å². The molecular formula is C66H125N2O6P. The van der Waals surface area contributed by atoms with Crippen molar-refractivity contribution in [2.24, 2.45) is 0 Å². The molecule has 0 aromatic heterocycles. The number of hydrogen-bond donors (Lipinski definition) is 2. The van der Waals surface area contributed by atoms with E-state index in [0.29, 0.717) is 23.9 Å². The molecular weight excluding hydrogens is 948 g/mol. The number of carbonyl (C=O) groups is 1. The van der Waals surface area contributed by atoms with Crippen molar-refractivity contribution < 1.29 is 32.9 Å². The van der Waals surface area contributed by atoms with Crippen molar-refractivity contribution in [2.75, 3.05) is 40.9 Å². The van der Waals surface area contributed by atoms with E-state index in [2.05, 4.69) is 79.9 Å². The molecule has 0 aromatic carbocycles. The van der Waals surface area contributed by atoms with Gasteiger partial charge in [0.1, 0.15) is 13.2 Å². The molecule has 0 saturated heterocycles. The van der Waals surface area contributed by atoms with E-state index in [4.69, 9.17) is 9.05 Å². The van der Waals surface area contributed by atoms with Crippen LogP contribution in [0.4, 0.5) is 0 Å². The van der Waals surface area contributed by atoms with Gasteiger partial charge in [-0.05, 0) is 57.8 Å². The highest BCUT2D eigenvalue weighted by Crippen LogP contribution is 2.38. The second-order valence-corrected chi connectivity index (χ2v) is 24.5. The molecule has 0 heterocycles. The fraction of sp³-hybridized carbons (Fsp3) is 0.833. The molecule has 0 aromatic rings. The molecule has 0 spiro atoms. The highest BCUT2D eigenvalue weighted by molar-refractivity contribution is 7.45. The van der Waals surface area contributed by atoms with Crippen LogP contribution in [0, 0.1) is 0 Å².